The Morgan fingerprint density at radius 3 is 2.60 bits per heavy atom. The number of halogens is 1. The van der Waals surface area contributed by atoms with Gasteiger partial charge in [0, 0.05) is 10.0 Å². The van der Waals surface area contributed by atoms with Gasteiger partial charge in [-0.3, -0.25) is 9.59 Å². The molecule has 104 valence electrons. The standard InChI is InChI=1S/C15H14BrNO3/c1-2-20-14(18)9-17-15(19)12-4-3-11-8-13(16)6-5-10(11)7-12/h3-8H,2,9H2,1H3,(H,17,19). The van der Waals surface area contributed by atoms with Gasteiger partial charge in [0.1, 0.15) is 6.54 Å². The molecule has 2 rings (SSSR count). The lowest BCUT2D eigenvalue weighted by Gasteiger charge is -2.06. The minimum absolute atomic E-state index is 0.120. The number of esters is 1. The number of carbonyl (C=O) groups is 2. The normalized spacial score (nSPS) is 10.3. The third kappa shape index (κ3) is 3.57. The second-order valence-corrected chi connectivity index (χ2v) is 5.11. The van der Waals surface area contributed by atoms with E-state index in [9.17, 15) is 9.59 Å². The molecule has 4 nitrogen and oxygen atoms in total. The van der Waals surface area contributed by atoms with E-state index in [1.807, 2.05) is 24.3 Å². The number of benzene rings is 2. The van der Waals surface area contributed by atoms with Crippen LogP contribution in [-0.4, -0.2) is 25.0 Å². The van der Waals surface area contributed by atoms with E-state index in [0.29, 0.717) is 12.2 Å². The molecule has 0 aliphatic heterocycles. The average Bonchev–Trinajstić information content (AvgIpc) is 2.44. The van der Waals surface area contributed by atoms with Crippen molar-refractivity contribution in [3.05, 3.63) is 46.4 Å². The van der Waals surface area contributed by atoms with Gasteiger partial charge < -0.3 is 10.1 Å². The summed E-state index contributed by atoms with van der Waals surface area (Å²) in [6.07, 6.45) is 0. The van der Waals surface area contributed by atoms with Crippen molar-refractivity contribution in [3.63, 3.8) is 0 Å². The summed E-state index contributed by atoms with van der Waals surface area (Å²) in [4.78, 5) is 23.1. The first-order valence-electron chi connectivity index (χ1n) is 6.23. The average molecular weight is 336 g/mol. The SMILES string of the molecule is CCOC(=O)CNC(=O)c1ccc2cc(Br)ccc2c1. The predicted octanol–water partition coefficient (Wildman–Crippen LogP) is 2.90. The van der Waals surface area contributed by atoms with Crippen molar-refractivity contribution in [1.82, 2.24) is 5.32 Å². The van der Waals surface area contributed by atoms with Crippen LogP contribution < -0.4 is 5.32 Å². The monoisotopic (exact) mass is 335 g/mol. The van der Waals surface area contributed by atoms with Gasteiger partial charge in [0.15, 0.2) is 0 Å². The Morgan fingerprint density at radius 2 is 1.85 bits per heavy atom. The number of nitrogens with one attached hydrogen (secondary N) is 1. The van der Waals surface area contributed by atoms with Crippen LogP contribution in [-0.2, 0) is 9.53 Å². The first kappa shape index (κ1) is 14.5. The van der Waals surface area contributed by atoms with E-state index in [1.54, 1.807) is 19.1 Å². The summed E-state index contributed by atoms with van der Waals surface area (Å²) >= 11 is 3.40. The van der Waals surface area contributed by atoms with Crippen LogP contribution >= 0.6 is 15.9 Å². The predicted molar refractivity (Wildman–Crippen MR) is 80.6 cm³/mol. The largest absolute Gasteiger partial charge is 0.465 e. The fraction of sp³-hybridized carbons (Fsp3) is 0.200. The van der Waals surface area contributed by atoms with Crippen molar-refractivity contribution in [2.75, 3.05) is 13.2 Å². The highest BCUT2D eigenvalue weighted by molar-refractivity contribution is 9.10. The number of ether oxygens (including phenoxy) is 1. The zero-order valence-electron chi connectivity index (χ0n) is 11.0. The lowest BCUT2D eigenvalue weighted by Crippen LogP contribution is -2.30. The van der Waals surface area contributed by atoms with Crippen molar-refractivity contribution in [3.8, 4) is 0 Å². The number of hydrogen-bond donors (Lipinski definition) is 1. The van der Waals surface area contributed by atoms with E-state index in [1.165, 1.54) is 0 Å². The quantitative estimate of drug-likeness (QED) is 0.874. The smallest absolute Gasteiger partial charge is 0.325 e. The molecule has 0 unspecified atom stereocenters. The lowest BCUT2D eigenvalue weighted by molar-refractivity contribution is -0.141. The first-order chi connectivity index (χ1) is 9.60. The molecular formula is C15H14BrNO3. The van der Waals surface area contributed by atoms with E-state index >= 15 is 0 Å². The highest BCUT2D eigenvalue weighted by Crippen LogP contribution is 2.20. The van der Waals surface area contributed by atoms with Crippen molar-refractivity contribution >= 4 is 38.6 Å². The maximum atomic E-state index is 11.9. The summed E-state index contributed by atoms with van der Waals surface area (Å²) in [6, 6.07) is 11.2. The molecule has 0 fully saturated rings. The molecule has 0 radical (unpaired) electrons. The summed E-state index contributed by atoms with van der Waals surface area (Å²) in [5, 5.41) is 4.55. The molecule has 2 aromatic rings. The minimum atomic E-state index is -0.439. The first-order valence-corrected chi connectivity index (χ1v) is 7.02. The topological polar surface area (TPSA) is 55.4 Å². The fourth-order valence-electron chi connectivity index (χ4n) is 1.82. The number of hydrogen-bond acceptors (Lipinski definition) is 3. The molecule has 0 heterocycles. The van der Waals surface area contributed by atoms with Crippen molar-refractivity contribution in [2.24, 2.45) is 0 Å². The molecule has 20 heavy (non-hydrogen) atoms. The van der Waals surface area contributed by atoms with Crippen molar-refractivity contribution in [1.29, 1.82) is 0 Å². The van der Waals surface area contributed by atoms with E-state index in [2.05, 4.69) is 21.2 Å². The Hall–Kier alpha value is -1.88. The van der Waals surface area contributed by atoms with Gasteiger partial charge in [-0.15, -0.1) is 0 Å². The van der Waals surface area contributed by atoms with Gasteiger partial charge in [-0.05, 0) is 42.0 Å². The van der Waals surface area contributed by atoms with Gasteiger partial charge in [-0.25, -0.2) is 0 Å². The second-order valence-electron chi connectivity index (χ2n) is 4.19. The molecule has 0 aliphatic rings. The summed E-state index contributed by atoms with van der Waals surface area (Å²) in [5.41, 5.74) is 0.518. The van der Waals surface area contributed by atoms with Crippen LogP contribution in [0.3, 0.4) is 0 Å². The minimum Gasteiger partial charge on any atom is -0.465 e. The molecule has 0 aliphatic carbocycles. The van der Waals surface area contributed by atoms with Crippen molar-refractivity contribution < 1.29 is 14.3 Å². The summed E-state index contributed by atoms with van der Waals surface area (Å²) < 4.78 is 5.74. The highest BCUT2D eigenvalue weighted by atomic mass is 79.9. The zero-order valence-corrected chi connectivity index (χ0v) is 12.6. The summed E-state index contributed by atoms with van der Waals surface area (Å²) in [6.45, 7) is 1.91. The van der Waals surface area contributed by atoms with Crippen LogP contribution in [0.1, 0.15) is 17.3 Å². The van der Waals surface area contributed by atoms with Crippen LogP contribution in [0.4, 0.5) is 0 Å². The maximum Gasteiger partial charge on any atom is 0.325 e. The third-order valence-corrected chi connectivity index (χ3v) is 3.26. The zero-order chi connectivity index (χ0) is 14.5. The van der Waals surface area contributed by atoms with Gasteiger partial charge in [0.25, 0.3) is 5.91 Å². The Labute approximate surface area is 125 Å². The third-order valence-electron chi connectivity index (χ3n) is 2.76. The molecule has 5 heteroatoms. The van der Waals surface area contributed by atoms with Gasteiger partial charge in [0.2, 0.25) is 0 Å². The highest BCUT2D eigenvalue weighted by Gasteiger charge is 2.09. The van der Waals surface area contributed by atoms with E-state index in [0.717, 1.165) is 15.2 Å². The molecule has 1 amide bonds. The van der Waals surface area contributed by atoms with E-state index in [4.69, 9.17) is 4.74 Å². The van der Waals surface area contributed by atoms with Crippen LogP contribution in [0, 0.1) is 0 Å². The van der Waals surface area contributed by atoms with Gasteiger partial charge in [-0.1, -0.05) is 28.1 Å². The second kappa shape index (κ2) is 6.52. The molecule has 0 atom stereocenters. The maximum absolute atomic E-state index is 11.9. The molecule has 0 saturated heterocycles. The summed E-state index contributed by atoms with van der Waals surface area (Å²) in [5.74, 6) is -0.728. The Balaban J connectivity index is 2.10. The number of carbonyl (C=O) groups excluding carboxylic acids is 2. The Kier molecular flexibility index (Phi) is 4.74. The van der Waals surface area contributed by atoms with Crippen LogP contribution in [0.15, 0.2) is 40.9 Å². The van der Waals surface area contributed by atoms with Crippen molar-refractivity contribution in [2.45, 2.75) is 6.92 Å². The van der Waals surface area contributed by atoms with Crippen LogP contribution in [0.2, 0.25) is 0 Å². The molecule has 1 N–H and O–H groups in total. The summed E-state index contributed by atoms with van der Waals surface area (Å²) in [7, 11) is 0. The van der Waals surface area contributed by atoms with E-state index < -0.39 is 5.97 Å². The molecular weight excluding hydrogens is 322 g/mol. The number of amides is 1. The molecule has 0 saturated carbocycles. The number of fused-ring (bicyclic) bond motifs is 1. The van der Waals surface area contributed by atoms with Crippen LogP contribution in [0.25, 0.3) is 10.8 Å². The molecule has 0 bridgehead atoms. The molecule has 0 spiro atoms. The molecule has 0 aromatic heterocycles. The number of rotatable bonds is 4. The lowest BCUT2D eigenvalue weighted by atomic mass is 10.1. The Bertz CT molecular complexity index is 655. The fourth-order valence-corrected chi connectivity index (χ4v) is 2.20. The van der Waals surface area contributed by atoms with Gasteiger partial charge in [-0.2, -0.15) is 0 Å². The van der Waals surface area contributed by atoms with Gasteiger partial charge >= 0.3 is 5.97 Å². The van der Waals surface area contributed by atoms with Gasteiger partial charge in [0.05, 0.1) is 6.61 Å². The molecule has 2 aromatic carbocycles. The van der Waals surface area contributed by atoms with E-state index in [-0.39, 0.29) is 12.5 Å². The Morgan fingerprint density at radius 1 is 1.15 bits per heavy atom. The van der Waals surface area contributed by atoms with Crippen LogP contribution in [0.5, 0.6) is 0 Å².